The summed E-state index contributed by atoms with van der Waals surface area (Å²) < 4.78 is 0. The second-order valence-corrected chi connectivity index (χ2v) is 29.1. The number of carbonyl (C=O) groups is 4. The zero-order chi connectivity index (χ0) is 87.4. The first kappa shape index (κ1) is 109. The normalized spacial score (nSPS) is 11.0. The van der Waals surface area contributed by atoms with Crippen molar-refractivity contribution in [2.75, 3.05) is 0 Å². The van der Waals surface area contributed by atoms with Gasteiger partial charge in [-0.05, 0) is 172 Å². The van der Waals surface area contributed by atoms with Gasteiger partial charge in [-0.25, -0.2) is 0 Å². The van der Waals surface area contributed by atoms with Gasteiger partial charge in [0.15, 0.2) is 23.1 Å². The second-order valence-electron chi connectivity index (χ2n) is 29.1. The van der Waals surface area contributed by atoms with Crippen LogP contribution in [-0.4, -0.2) is 68.5 Å². The summed E-state index contributed by atoms with van der Waals surface area (Å²) in [6.07, 6.45) is 10.2. The summed E-state index contributed by atoms with van der Waals surface area (Å²) in [4.78, 5) is 62.7. The summed E-state index contributed by atoms with van der Waals surface area (Å²) in [6.45, 7) is 24.4. The van der Waals surface area contributed by atoms with E-state index in [9.17, 15) is 19.2 Å². The van der Waals surface area contributed by atoms with Crippen LogP contribution < -0.4 is 0 Å². The molecule has 0 fully saturated rings. The van der Waals surface area contributed by atoms with Crippen LogP contribution in [-0.2, 0) is 125 Å². The predicted molar refractivity (Wildman–Crippen MR) is 493 cm³/mol. The Hall–Kier alpha value is -11.4. The maximum atomic E-state index is 10.0. The molecule has 0 saturated carbocycles. The average molecular weight is 2560 g/mol. The fraction of sp³-hybridized carbons (Fsp3) is 0.139. The van der Waals surface area contributed by atoms with E-state index in [-0.39, 0.29) is 152 Å². The Morgan fingerprint density at radius 1 is 0.310 bits per heavy atom. The summed E-state index contributed by atoms with van der Waals surface area (Å²) in [5.41, 5.74) is 27.2. The number of hydrogen-bond acceptors (Lipinski definition) is 13. The number of carbonyl (C=O) groups excluding carboxylic acids is 4. The number of aliphatic hydroxyl groups is 4. The van der Waals surface area contributed by atoms with Crippen molar-refractivity contribution in [3.8, 4) is 89.7 Å². The number of hydrogen-bond donors (Lipinski definition) is 4. The molecule has 4 N–H and O–H groups in total. The largest absolute Gasteiger partial charge is 0.512 e. The first-order chi connectivity index (χ1) is 58.0. The maximum absolute atomic E-state index is 10.0. The molecule has 5 heterocycles. The number of pyridine rings is 5. The van der Waals surface area contributed by atoms with Gasteiger partial charge in [0, 0.05) is 143 Å². The number of fused-ring (bicyclic) bond motifs is 5. The van der Waals surface area contributed by atoms with Crippen molar-refractivity contribution in [3.63, 3.8) is 0 Å². The summed E-state index contributed by atoms with van der Waals surface area (Å²) in [6, 6.07) is 113. The quantitative estimate of drug-likeness (QED) is 0.0540. The molecule has 18 heteroatoms. The second kappa shape index (κ2) is 55.8. The molecule has 0 bridgehead atoms. The van der Waals surface area contributed by atoms with Crippen LogP contribution in [0.1, 0.15) is 103 Å². The van der Waals surface area contributed by atoms with Gasteiger partial charge < -0.3 is 35.4 Å². The van der Waals surface area contributed by atoms with Crippen molar-refractivity contribution in [1.29, 1.82) is 0 Å². The van der Waals surface area contributed by atoms with Gasteiger partial charge in [0.2, 0.25) is 0 Å². The fourth-order valence-electron chi connectivity index (χ4n) is 12.7. The summed E-state index contributed by atoms with van der Waals surface area (Å²) >= 11 is 0. The molecule has 10 aromatic carbocycles. The third-order valence-electron chi connectivity index (χ3n) is 17.9. The Morgan fingerprint density at radius 2 is 0.730 bits per heavy atom. The van der Waals surface area contributed by atoms with Crippen molar-refractivity contribution < 1.29 is 140 Å². The molecule has 5 aromatic heterocycles. The molecule has 1 aliphatic rings. The van der Waals surface area contributed by atoms with E-state index in [1.165, 1.54) is 152 Å². The van der Waals surface area contributed by atoms with E-state index < -0.39 is 0 Å². The molecule has 0 spiro atoms. The van der Waals surface area contributed by atoms with E-state index in [1.54, 1.807) is 6.20 Å². The van der Waals surface area contributed by atoms with E-state index in [0.29, 0.717) is 0 Å². The van der Waals surface area contributed by atoms with E-state index >= 15 is 0 Å². The molecular formula is C108H100Ir5N5O8-5. The van der Waals surface area contributed by atoms with Crippen molar-refractivity contribution in [2.24, 2.45) is 0 Å². The van der Waals surface area contributed by atoms with Gasteiger partial charge in [-0.3, -0.25) is 29.1 Å². The van der Waals surface area contributed by atoms with Gasteiger partial charge in [0.05, 0.1) is 34.1 Å². The molecule has 1 aliphatic carbocycles. The molecule has 0 amide bonds. The average Bonchev–Trinajstić information content (AvgIpc) is 1.58. The Morgan fingerprint density at radius 3 is 1.16 bits per heavy atom. The van der Waals surface area contributed by atoms with Crippen LogP contribution in [0, 0.1) is 58.0 Å². The van der Waals surface area contributed by atoms with Gasteiger partial charge in [0.25, 0.3) is 0 Å². The number of aliphatic hydroxyl groups excluding tert-OH is 4. The fourth-order valence-corrected chi connectivity index (χ4v) is 12.7. The number of allylic oxidation sites excluding steroid dienone is 8. The molecular weight excluding hydrogens is 2460 g/mol. The minimum Gasteiger partial charge on any atom is -0.512 e. The van der Waals surface area contributed by atoms with Crippen LogP contribution in [0.15, 0.2) is 351 Å². The number of ketones is 4. The number of benzene rings is 10. The molecule has 13 nitrogen and oxygen atoms in total. The smallest absolute Gasteiger partial charge is 0.155 e. The van der Waals surface area contributed by atoms with Gasteiger partial charge in [-0.2, -0.15) is 0 Å². The van der Waals surface area contributed by atoms with E-state index in [0.717, 1.165) is 72.9 Å². The zero-order valence-electron chi connectivity index (χ0n) is 72.5. The minimum atomic E-state index is -0.125. The maximum Gasteiger partial charge on any atom is 0.155 e. The first-order valence-corrected chi connectivity index (χ1v) is 39.3. The van der Waals surface area contributed by atoms with E-state index in [4.69, 9.17) is 30.4 Å². The number of rotatable bonds is 11. The Balaban J connectivity index is 0.000000378. The molecule has 0 atom stereocenters. The molecule has 16 rings (SSSR count). The molecule has 0 saturated heterocycles. The van der Waals surface area contributed by atoms with Crippen LogP contribution in [0.3, 0.4) is 0 Å². The minimum absolute atomic E-state index is 0. The Bertz CT molecular complexity index is 5920. The van der Waals surface area contributed by atoms with Crippen LogP contribution in [0.25, 0.3) is 111 Å². The predicted octanol–water partition coefficient (Wildman–Crippen LogP) is 26.1. The standard InChI is InChI=1S/C24H18N.2C18H14N.C17H14N.C11H8N.4C5H8O2.5Ir/c1-24(2)20-9-5-4-8-18(20)19-13-11-17(15-21(19)24)23-14-12-16-7-3-6-10-22(16)25-23;1-14-6-5-9-16(12-14)17-10-11-19-18(13-17)15-7-3-2-4-8-15;1-14-7-9-15(10-8-14)17-11-12-19-18(13-17)16-5-3-2-4-6-16;1-12-9-13(2)11-15(10-12)17-8-7-14-5-3-4-6-16(14)18-17;1-2-6-10(7-3-1)11-8-4-5-9-12-11;4*1-4(6)3-5(2)7;;;;;/h3-10,12-15H,1-2H3;2-7,9-13H,1H3;2-5,7-13H,1H3;3-10H,1-2H3;1-6,8-9H;4*3,6H,1-2H3;;;;;/q5*-1;;;;;;;;;. The van der Waals surface area contributed by atoms with Crippen molar-refractivity contribution in [3.05, 3.63) is 415 Å². The molecule has 0 aliphatic heterocycles. The van der Waals surface area contributed by atoms with Crippen LogP contribution in [0.2, 0.25) is 0 Å². The van der Waals surface area contributed by atoms with Crippen molar-refractivity contribution in [1.82, 2.24) is 24.9 Å². The Labute approximate surface area is 809 Å². The van der Waals surface area contributed by atoms with Crippen LogP contribution >= 0.6 is 0 Å². The number of aromatic nitrogens is 5. The summed E-state index contributed by atoms with van der Waals surface area (Å²) in [7, 11) is 0. The van der Waals surface area contributed by atoms with Crippen molar-refractivity contribution >= 4 is 44.9 Å². The SMILES string of the molecule is CC(=O)C=C(C)O.CC(=O)C=C(C)O.CC(=O)C=C(C)O.CC(=O)C=C(C)O.CC1(C)c2ccccc2-c2c[c-]c(-c3ccc4ccccc4n3)cc21.Cc1[c-]c(-c2ccc3ccccc3n2)cc(C)c1.Cc1ccc(-c2ccnc(-c3[c-]cccc3)c2)cc1.Cc1cccc(-c2ccnc(-c3[c-]cccc3)c2)c1.[Ir].[Ir].[Ir].[Ir].[Ir].[c-]1ccccc1-c1ccccn1. The van der Waals surface area contributed by atoms with Gasteiger partial charge in [-0.15, -0.1) is 172 Å². The molecule has 15 aromatic rings. The summed E-state index contributed by atoms with van der Waals surface area (Å²) in [5, 5.41) is 35.8. The van der Waals surface area contributed by atoms with Gasteiger partial charge in [0.1, 0.15) is 0 Å². The van der Waals surface area contributed by atoms with Gasteiger partial charge in [-0.1, -0.05) is 208 Å². The third-order valence-corrected chi connectivity index (χ3v) is 17.9. The zero-order valence-corrected chi connectivity index (χ0v) is 84.5. The number of nitrogens with zero attached hydrogens (tertiary/aromatic N) is 5. The number of para-hydroxylation sites is 2. The molecule has 5 radical (unpaired) electrons. The topological polar surface area (TPSA) is 214 Å². The molecule has 0 unspecified atom stereocenters. The number of aryl methyl sites for hydroxylation is 4. The summed E-state index contributed by atoms with van der Waals surface area (Å²) in [5.74, 6) is -0.250. The van der Waals surface area contributed by atoms with Gasteiger partial charge >= 0.3 is 0 Å². The van der Waals surface area contributed by atoms with E-state index in [2.05, 4.69) is 238 Å². The van der Waals surface area contributed by atoms with E-state index in [1.807, 2.05) is 146 Å². The first-order valence-electron chi connectivity index (χ1n) is 39.3. The monoisotopic (exact) mass is 2560 g/mol. The van der Waals surface area contributed by atoms with Crippen molar-refractivity contribution in [2.45, 2.75) is 102 Å². The molecule has 126 heavy (non-hydrogen) atoms. The third kappa shape index (κ3) is 36.3. The van der Waals surface area contributed by atoms with Crippen LogP contribution in [0.5, 0.6) is 0 Å². The molecule has 655 valence electrons. The van der Waals surface area contributed by atoms with Crippen LogP contribution in [0.4, 0.5) is 0 Å². The Kier molecular flexibility index (Phi) is 48.2.